The van der Waals surface area contributed by atoms with Crippen LogP contribution < -0.4 is 14.8 Å². The van der Waals surface area contributed by atoms with Crippen LogP contribution in [-0.2, 0) is 0 Å². The van der Waals surface area contributed by atoms with Crippen LogP contribution in [0.15, 0.2) is 48.5 Å². The minimum absolute atomic E-state index is 0.188. The van der Waals surface area contributed by atoms with Gasteiger partial charge in [-0.1, -0.05) is 17.7 Å². The molecule has 0 saturated carbocycles. The Morgan fingerprint density at radius 1 is 0.957 bits per heavy atom. The third-order valence-electron chi connectivity index (χ3n) is 3.23. The lowest BCUT2D eigenvalue weighted by Gasteiger charge is -2.13. The SMILES string of the molecule is Cc1ccc(OCCNC[C@H](O)COc2ccc(O)cc2)cc1. The maximum Gasteiger partial charge on any atom is 0.119 e. The van der Waals surface area contributed by atoms with Crippen molar-refractivity contribution in [3.05, 3.63) is 54.1 Å². The van der Waals surface area contributed by atoms with Crippen LogP contribution in [0.25, 0.3) is 0 Å². The molecule has 0 fully saturated rings. The van der Waals surface area contributed by atoms with Crippen LogP contribution in [0.5, 0.6) is 17.2 Å². The van der Waals surface area contributed by atoms with Crippen LogP contribution in [-0.4, -0.2) is 42.6 Å². The number of rotatable bonds is 9. The van der Waals surface area contributed by atoms with Gasteiger partial charge in [-0.25, -0.2) is 0 Å². The third-order valence-corrected chi connectivity index (χ3v) is 3.23. The van der Waals surface area contributed by atoms with Crippen LogP contribution in [0.2, 0.25) is 0 Å². The van der Waals surface area contributed by atoms with Crippen LogP contribution >= 0.6 is 0 Å². The summed E-state index contributed by atoms with van der Waals surface area (Å²) in [4.78, 5) is 0. The summed E-state index contributed by atoms with van der Waals surface area (Å²) in [5, 5.41) is 22.1. The largest absolute Gasteiger partial charge is 0.508 e. The Hall–Kier alpha value is -2.24. The highest BCUT2D eigenvalue weighted by atomic mass is 16.5. The second-order valence-electron chi connectivity index (χ2n) is 5.32. The van der Waals surface area contributed by atoms with E-state index in [4.69, 9.17) is 14.6 Å². The molecule has 2 aromatic rings. The molecule has 23 heavy (non-hydrogen) atoms. The van der Waals surface area contributed by atoms with Gasteiger partial charge in [0.15, 0.2) is 0 Å². The first-order chi connectivity index (χ1) is 11.1. The molecule has 3 N–H and O–H groups in total. The van der Waals surface area contributed by atoms with Crippen molar-refractivity contribution in [2.45, 2.75) is 13.0 Å². The molecule has 2 rings (SSSR count). The molecule has 0 saturated heterocycles. The van der Waals surface area contributed by atoms with Gasteiger partial charge in [0.2, 0.25) is 0 Å². The van der Waals surface area contributed by atoms with Crippen molar-refractivity contribution in [3.8, 4) is 17.2 Å². The molecule has 2 aromatic carbocycles. The molecule has 124 valence electrons. The van der Waals surface area contributed by atoms with Gasteiger partial charge in [0.05, 0.1) is 0 Å². The molecular weight excluding hydrogens is 294 g/mol. The van der Waals surface area contributed by atoms with Crippen molar-refractivity contribution in [1.82, 2.24) is 5.32 Å². The summed E-state index contributed by atoms with van der Waals surface area (Å²) in [7, 11) is 0. The Morgan fingerprint density at radius 2 is 1.57 bits per heavy atom. The summed E-state index contributed by atoms with van der Waals surface area (Å²) in [6, 6.07) is 14.3. The van der Waals surface area contributed by atoms with E-state index in [0.717, 1.165) is 5.75 Å². The first-order valence-corrected chi connectivity index (χ1v) is 7.63. The second kappa shape index (κ2) is 9.02. The summed E-state index contributed by atoms with van der Waals surface area (Å²) in [6.45, 7) is 3.83. The van der Waals surface area contributed by atoms with E-state index in [-0.39, 0.29) is 12.4 Å². The molecule has 0 amide bonds. The fourth-order valence-corrected chi connectivity index (χ4v) is 1.94. The number of benzene rings is 2. The molecule has 0 unspecified atom stereocenters. The first kappa shape index (κ1) is 17.1. The van der Waals surface area contributed by atoms with E-state index >= 15 is 0 Å². The minimum Gasteiger partial charge on any atom is -0.508 e. The van der Waals surface area contributed by atoms with E-state index < -0.39 is 6.10 Å². The first-order valence-electron chi connectivity index (χ1n) is 7.63. The fourth-order valence-electron chi connectivity index (χ4n) is 1.94. The number of aryl methyl sites for hydroxylation is 1. The monoisotopic (exact) mass is 317 g/mol. The highest BCUT2D eigenvalue weighted by molar-refractivity contribution is 5.30. The summed E-state index contributed by atoms with van der Waals surface area (Å²) in [5.74, 6) is 1.64. The lowest BCUT2D eigenvalue weighted by molar-refractivity contribution is 0.105. The number of aliphatic hydroxyl groups is 1. The van der Waals surface area contributed by atoms with Gasteiger partial charge >= 0.3 is 0 Å². The Labute approximate surface area is 136 Å². The van der Waals surface area contributed by atoms with Gasteiger partial charge in [0, 0.05) is 13.1 Å². The molecule has 0 aliphatic rings. The predicted octanol–water partition coefficient (Wildman–Crippen LogP) is 2.11. The topological polar surface area (TPSA) is 71.0 Å². The van der Waals surface area contributed by atoms with Crippen LogP contribution in [0.1, 0.15) is 5.56 Å². The van der Waals surface area contributed by atoms with Gasteiger partial charge in [-0.15, -0.1) is 0 Å². The molecule has 0 heterocycles. The smallest absolute Gasteiger partial charge is 0.119 e. The van der Waals surface area contributed by atoms with Crippen molar-refractivity contribution < 1.29 is 19.7 Å². The highest BCUT2D eigenvalue weighted by Gasteiger charge is 2.05. The molecule has 0 spiro atoms. The third kappa shape index (κ3) is 6.59. The predicted molar refractivity (Wildman–Crippen MR) is 89.2 cm³/mol. The van der Waals surface area contributed by atoms with Crippen molar-refractivity contribution in [2.24, 2.45) is 0 Å². The number of ether oxygens (including phenoxy) is 2. The summed E-state index contributed by atoms with van der Waals surface area (Å²) < 4.78 is 11.0. The molecule has 0 aliphatic heterocycles. The zero-order valence-electron chi connectivity index (χ0n) is 13.2. The number of phenolic OH excluding ortho intramolecular Hbond substituents is 1. The van der Waals surface area contributed by atoms with Gasteiger partial charge in [-0.05, 0) is 43.3 Å². The number of hydrogen-bond donors (Lipinski definition) is 3. The number of aliphatic hydroxyl groups excluding tert-OH is 1. The average molecular weight is 317 g/mol. The van der Waals surface area contributed by atoms with Crippen LogP contribution in [0.4, 0.5) is 0 Å². The summed E-state index contributed by atoms with van der Waals surface area (Å²) in [5.41, 5.74) is 1.20. The summed E-state index contributed by atoms with van der Waals surface area (Å²) in [6.07, 6.45) is -0.608. The molecule has 0 radical (unpaired) electrons. The number of hydrogen-bond acceptors (Lipinski definition) is 5. The van der Waals surface area contributed by atoms with Gasteiger partial charge in [0.25, 0.3) is 0 Å². The highest BCUT2D eigenvalue weighted by Crippen LogP contribution is 2.15. The Balaban J connectivity index is 1.55. The van der Waals surface area contributed by atoms with E-state index in [1.807, 2.05) is 31.2 Å². The van der Waals surface area contributed by atoms with Gasteiger partial charge in [-0.2, -0.15) is 0 Å². The number of aromatic hydroxyl groups is 1. The Morgan fingerprint density at radius 3 is 2.26 bits per heavy atom. The lowest BCUT2D eigenvalue weighted by atomic mass is 10.2. The molecule has 1 atom stereocenters. The molecule has 0 aromatic heterocycles. The van der Waals surface area contributed by atoms with Gasteiger partial charge in [-0.3, -0.25) is 0 Å². The minimum atomic E-state index is -0.608. The van der Waals surface area contributed by atoms with E-state index in [2.05, 4.69) is 5.32 Å². The van der Waals surface area contributed by atoms with Crippen LogP contribution in [0.3, 0.4) is 0 Å². The lowest BCUT2D eigenvalue weighted by Crippen LogP contribution is -2.33. The summed E-state index contributed by atoms with van der Waals surface area (Å²) >= 11 is 0. The Bertz CT molecular complexity index is 569. The Kier molecular flexibility index (Phi) is 6.72. The van der Waals surface area contributed by atoms with Gasteiger partial charge < -0.3 is 25.0 Å². The zero-order valence-corrected chi connectivity index (χ0v) is 13.2. The number of nitrogens with one attached hydrogen (secondary N) is 1. The van der Waals surface area contributed by atoms with E-state index in [1.165, 1.54) is 5.56 Å². The molecule has 5 nitrogen and oxygen atoms in total. The van der Waals surface area contributed by atoms with E-state index in [0.29, 0.717) is 25.4 Å². The van der Waals surface area contributed by atoms with Crippen molar-refractivity contribution in [1.29, 1.82) is 0 Å². The molecule has 5 heteroatoms. The fraction of sp³-hybridized carbons (Fsp3) is 0.333. The maximum absolute atomic E-state index is 9.83. The quantitative estimate of drug-likeness (QED) is 0.618. The van der Waals surface area contributed by atoms with E-state index in [1.54, 1.807) is 24.3 Å². The van der Waals surface area contributed by atoms with Gasteiger partial charge in [0.1, 0.15) is 36.6 Å². The van der Waals surface area contributed by atoms with Crippen molar-refractivity contribution >= 4 is 0 Å². The average Bonchev–Trinajstić information content (AvgIpc) is 2.56. The van der Waals surface area contributed by atoms with Crippen LogP contribution in [0, 0.1) is 6.92 Å². The van der Waals surface area contributed by atoms with Crippen molar-refractivity contribution in [2.75, 3.05) is 26.3 Å². The van der Waals surface area contributed by atoms with Crippen molar-refractivity contribution in [3.63, 3.8) is 0 Å². The maximum atomic E-state index is 9.83. The normalized spacial score (nSPS) is 11.9. The zero-order chi connectivity index (χ0) is 16.5. The number of phenols is 1. The van der Waals surface area contributed by atoms with E-state index in [9.17, 15) is 5.11 Å². The standard InChI is InChI=1S/C18H23NO4/c1-14-2-6-17(7-3-14)22-11-10-19-12-16(21)13-23-18-8-4-15(20)5-9-18/h2-9,16,19-21H,10-13H2,1H3/t16-/m0/s1. The molecular formula is C18H23NO4. The molecule has 0 bridgehead atoms. The second-order valence-corrected chi connectivity index (χ2v) is 5.32. The molecule has 0 aliphatic carbocycles.